The highest BCUT2D eigenvalue weighted by molar-refractivity contribution is 8.19. The Morgan fingerprint density at radius 1 is 1.36 bits per heavy atom. The van der Waals surface area contributed by atoms with Crippen molar-refractivity contribution in [1.29, 1.82) is 5.41 Å². The van der Waals surface area contributed by atoms with Crippen molar-refractivity contribution in [3.63, 3.8) is 0 Å². The molecule has 1 aromatic carbocycles. The highest BCUT2D eigenvalue weighted by atomic mass is 35.5. The number of aryl methyl sites for hydroxylation is 1. The minimum Gasteiger partial charge on any atom is -0.297 e. The van der Waals surface area contributed by atoms with Gasteiger partial charge in [0.25, 0.3) is 0 Å². The summed E-state index contributed by atoms with van der Waals surface area (Å²) in [5, 5.41) is 18.6. The van der Waals surface area contributed by atoms with E-state index in [1.807, 2.05) is 25.1 Å². The van der Waals surface area contributed by atoms with E-state index in [1.165, 1.54) is 23.1 Å². The average Bonchev–Trinajstić information content (AvgIpc) is 3.07. The standard InChI is InChI=1S/C15H12ClN3OS2/c1-2-11-18-19-15(22-11)12-13(20)10(21-14(12)17)7-8-5-3-4-6-9(8)16/h3-7,12,17H,2H2,1H3/b10-7-,17-14?/t12-/m0/s1. The molecule has 0 spiro atoms. The summed E-state index contributed by atoms with van der Waals surface area (Å²) in [6, 6.07) is 7.33. The molecule has 22 heavy (non-hydrogen) atoms. The smallest absolute Gasteiger partial charge is 0.186 e. The van der Waals surface area contributed by atoms with E-state index >= 15 is 0 Å². The van der Waals surface area contributed by atoms with Crippen LogP contribution in [0.25, 0.3) is 6.08 Å². The average molecular weight is 350 g/mol. The van der Waals surface area contributed by atoms with Crippen LogP contribution in [0, 0.1) is 5.41 Å². The molecule has 1 aliphatic rings. The third-order valence-electron chi connectivity index (χ3n) is 3.21. The van der Waals surface area contributed by atoms with E-state index in [0.717, 1.165) is 17.0 Å². The second-order valence-corrected chi connectivity index (χ2v) is 7.27. The maximum Gasteiger partial charge on any atom is 0.186 e. The second-order valence-electron chi connectivity index (χ2n) is 4.68. The molecule has 1 fully saturated rings. The first-order chi connectivity index (χ1) is 10.6. The van der Waals surface area contributed by atoms with Crippen LogP contribution < -0.4 is 0 Å². The van der Waals surface area contributed by atoms with Crippen molar-refractivity contribution in [3.05, 3.63) is 49.8 Å². The Morgan fingerprint density at radius 2 is 2.14 bits per heavy atom. The Morgan fingerprint density at radius 3 is 2.82 bits per heavy atom. The summed E-state index contributed by atoms with van der Waals surface area (Å²) >= 11 is 8.69. The van der Waals surface area contributed by atoms with Gasteiger partial charge in [0.1, 0.15) is 15.9 Å². The molecular formula is C15H12ClN3OS2. The summed E-state index contributed by atoms with van der Waals surface area (Å²) < 4.78 is 0. The van der Waals surface area contributed by atoms with E-state index in [1.54, 1.807) is 12.1 Å². The van der Waals surface area contributed by atoms with Gasteiger partial charge in [-0.05, 0) is 24.1 Å². The van der Waals surface area contributed by atoms with Gasteiger partial charge in [-0.3, -0.25) is 10.2 Å². The SMILES string of the molecule is CCc1nnc([C@@H]2C(=N)S/C(=C\c3ccccc3Cl)C2=O)s1. The van der Waals surface area contributed by atoms with Gasteiger partial charge in [-0.15, -0.1) is 21.5 Å². The van der Waals surface area contributed by atoms with Crippen molar-refractivity contribution in [2.45, 2.75) is 19.3 Å². The molecule has 0 saturated carbocycles. The lowest BCUT2D eigenvalue weighted by molar-refractivity contribution is -0.114. The van der Waals surface area contributed by atoms with E-state index in [2.05, 4.69) is 10.2 Å². The molecule has 3 rings (SSSR count). The van der Waals surface area contributed by atoms with Crippen LogP contribution in [0.3, 0.4) is 0 Å². The van der Waals surface area contributed by atoms with E-state index < -0.39 is 5.92 Å². The Balaban J connectivity index is 1.93. The molecule has 4 nitrogen and oxygen atoms in total. The molecule has 1 N–H and O–H groups in total. The fourth-order valence-corrected chi connectivity index (χ4v) is 4.21. The number of aromatic nitrogens is 2. The van der Waals surface area contributed by atoms with Crippen molar-refractivity contribution in [1.82, 2.24) is 10.2 Å². The second kappa shape index (κ2) is 6.32. The normalized spacial score (nSPS) is 20.1. The van der Waals surface area contributed by atoms with Gasteiger partial charge in [-0.25, -0.2) is 0 Å². The molecule has 1 saturated heterocycles. The van der Waals surface area contributed by atoms with Crippen LogP contribution >= 0.6 is 34.7 Å². The minimum absolute atomic E-state index is 0.103. The Labute approximate surface area is 141 Å². The summed E-state index contributed by atoms with van der Waals surface area (Å²) in [7, 11) is 0. The predicted molar refractivity (Wildman–Crippen MR) is 91.8 cm³/mol. The summed E-state index contributed by atoms with van der Waals surface area (Å²) in [6.07, 6.45) is 2.52. The Bertz CT molecular complexity index is 785. The van der Waals surface area contributed by atoms with Crippen molar-refractivity contribution >= 4 is 51.6 Å². The van der Waals surface area contributed by atoms with Crippen LogP contribution in [0.4, 0.5) is 0 Å². The highest BCUT2D eigenvalue weighted by Crippen LogP contribution is 2.41. The lowest BCUT2D eigenvalue weighted by Gasteiger charge is -2.01. The van der Waals surface area contributed by atoms with Crippen molar-refractivity contribution in [2.24, 2.45) is 0 Å². The first kappa shape index (κ1) is 15.4. The molecule has 0 aliphatic carbocycles. The molecule has 2 heterocycles. The Hall–Kier alpha value is -1.50. The maximum atomic E-state index is 12.6. The van der Waals surface area contributed by atoms with Gasteiger partial charge in [0.05, 0.1) is 9.95 Å². The number of nitrogens with one attached hydrogen (secondary N) is 1. The van der Waals surface area contributed by atoms with Crippen molar-refractivity contribution in [3.8, 4) is 0 Å². The zero-order chi connectivity index (χ0) is 15.7. The topological polar surface area (TPSA) is 66.7 Å². The van der Waals surface area contributed by atoms with Crippen LogP contribution in [0.2, 0.25) is 5.02 Å². The van der Waals surface area contributed by atoms with E-state index in [-0.39, 0.29) is 5.78 Å². The third-order valence-corrected chi connectivity index (χ3v) is 5.68. The quantitative estimate of drug-likeness (QED) is 0.844. The Kier molecular flexibility index (Phi) is 4.42. The molecule has 1 aromatic heterocycles. The maximum absolute atomic E-state index is 12.6. The number of Topliss-reactive ketones (excluding diaryl/α,β-unsaturated/α-hetero) is 1. The first-order valence-corrected chi connectivity index (χ1v) is 8.70. The number of halogens is 1. The largest absolute Gasteiger partial charge is 0.297 e. The minimum atomic E-state index is -0.614. The third kappa shape index (κ3) is 2.86. The van der Waals surface area contributed by atoms with Crippen LogP contribution in [-0.2, 0) is 11.2 Å². The van der Waals surface area contributed by atoms with Crippen LogP contribution in [-0.4, -0.2) is 21.0 Å². The van der Waals surface area contributed by atoms with Crippen molar-refractivity contribution in [2.75, 3.05) is 0 Å². The van der Waals surface area contributed by atoms with Gasteiger partial charge in [0, 0.05) is 5.02 Å². The molecule has 0 radical (unpaired) electrons. The molecule has 1 aliphatic heterocycles. The molecule has 0 amide bonds. The van der Waals surface area contributed by atoms with Gasteiger partial charge < -0.3 is 0 Å². The number of allylic oxidation sites excluding steroid dienone is 1. The number of benzene rings is 1. The number of carbonyl (C=O) groups excluding carboxylic acids is 1. The van der Waals surface area contributed by atoms with E-state index in [9.17, 15) is 4.79 Å². The van der Waals surface area contributed by atoms with Crippen LogP contribution in [0.1, 0.15) is 28.4 Å². The van der Waals surface area contributed by atoms with Gasteiger partial charge in [-0.1, -0.05) is 48.5 Å². The summed E-state index contributed by atoms with van der Waals surface area (Å²) in [5.41, 5.74) is 0.778. The first-order valence-electron chi connectivity index (χ1n) is 6.69. The molecule has 1 atom stereocenters. The molecule has 7 heteroatoms. The lowest BCUT2D eigenvalue weighted by Crippen LogP contribution is -2.11. The van der Waals surface area contributed by atoms with Gasteiger partial charge in [-0.2, -0.15) is 0 Å². The van der Waals surface area contributed by atoms with E-state index in [4.69, 9.17) is 17.0 Å². The number of hydrogen-bond donors (Lipinski definition) is 1. The summed E-state index contributed by atoms with van der Waals surface area (Å²) in [6.45, 7) is 1.99. The fourth-order valence-electron chi connectivity index (χ4n) is 2.07. The number of thioether (sulfide) groups is 1. The number of hydrogen-bond acceptors (Lipinski definition) is 6. The number of carbonyl (C=O) groups is 1. The zero-order valence-electron chi connectivity index (χ0n) is 11.7. The van der Waals surface area contributed by atoms with Gasteiger partial charge in [0.2, 0.25) is 0 Å². The molecule has 2 aromatic rings. The molecule has 0 bridgehead atoms. The predicted octanol–water partition coefficient (Wildman–Crippen LogP) is 4.17. The van der Waals surface area contributed by atoms with Crippen LogP contribution in [0.5, 0.6) is 0 Å². The van der Waals surface area contributed by atoms with Gasteiger partial charge in [0.15, 0.2) is 5.78 Å². The summed E-state index contributed by atoms with van der Waals surface area (Å²) in [4.78, 5) is 13.1. The summed E-state index contributed by atoms with van der Waals surface area (Å²) in [5.74, 6) is -0.717. The van der Waals surface area contributed by atoms with E-state index in [0.29, 0.717) is 20.0 Å². The van der Waals surface area contributed by atoms with Crippen LogP contribution in [0.15, 0.2) is 29.2 Å². The number of nitrogens with zero attached hydrogens (tertiary/aromatic N) is 2. The fraction of sp³-hybridized carbons (Fsp3) is 0.200. The highest BCUT2D eigenvalue weighted by Gasteiger charge is 2.39. The number of rotatable bonds is 3. The monoisotopic (exact) mass is 349 g/mol. The van der Waals surface area contributed by atoms with Crippen molar-refractivity contribution < 1.29 is 4.79 Å². The zero-order valence-corrected chi connectivity index (χ0v) is 14.1. The number of ketones is 1. The lowest BCUT2D eigenvalue weighted by atomic mass is 10.1. The van der Waals surface area contributed by atoms with Gasteiger partial charge >= 0.3 is 0 Å². The molecule has 112 valence electrons. The molecular weight excluding hydrogens is 338 g/mol. The molecule has 0 unspecified atom stereocenters.